The Morgan fingerprint density at radius 1 is 1.25 bits per heavy atom. The maximum atomic E-state index is 11.0. The number of amides is 1. The molecule has 2 rings (SSSR count). The zero-order valence-electron chi connectivity index (χ0n) is 10.7. The van der Waals surface area contributed by atoms with Crippen molar-refractivity contribution in [3.05, 3.63) is 0 Å². The van der Waals surface area contributed by atoms with Gasteiger partial charge >= 0.3 is 0 Å². The molecule has 0 radical (unpaired) electrons. The van der Waals surface area contributed by atoms with Gasteiger partial charge in [-0.1, -0.05) is 25.7 Å². The fourth-order valence-electron chi connectivity index (χ4n) is 3.96. The van der Waals surface area contributed by atoms with Crippen LogP contribution >= 0.6 is 0 Å². The van der Waals surface area contributed by atoms with Crippen molar-refractivity contribution in [1.82, 2.24) is 5.32 Å². The first kappa shape index (κ1) is 11.9. The van der Waals surface area contributed by atoms with E-state index in [1.807, 2.05) is 0 Å². The van der Waals surface area contributed by atoms with Crippen LogP contribution in [-0.2, 0) is 4.79 Å². The zero-order chi connectivity index (χ0) is 11.5. The second-order valence-electron chi connectivity index (χ2n) is 5.98. The SMILES string of the molecule is CC(=O)N[C@H](C)CC1CC2CCCCC2C1. The Morgan fingerprint density at radius 3 is 2.31 bits per heavy atom. The zero-order valence-corrected chi connectivity index (χ0v) is 10.7. The van der Waals surface area contributed by atoms with E-state index < -0.39 is 0 Å². The van der Waals surface area contributed by atoms with E-state index in [2.05, 4.69) is 12.2 Å². The van der Waals surface area contributed by atoms with Gasteiger partial charge in [0, 0.05) is 13.0 Å². The Bertz CT molecular complexity index is 237. The molecule has 1 N–H and O–H groups in total. The molecule has 0 aliphatic heterocycles. The van der Waals surface area contributed by atoms with Crippen molar-refractivity contribution >= 4 is 5.91 Å². The third-order valence-electron chi connectivity index (χ3n) is 4.48. The molecule has 2 aliphatic rings. The van der Waals surface area contributed by atoms with E-state index in [0.717, 1.165) is 17.8 Å². The minimum Gasteiger partial charge on any atom is -0.354 e. The summed E-state index contributed by atoms with van der Waals surface area (Å²) in [6.45, 7) is 3.76. The van der Waals surface area contributed by atoms with Crippen molar-refractivity contribution in [3.8, 4) is 0 Å². The van der Waals surface area contributed by atoms with Gasteiger partial charge < -0.3 is 5.32 Å². The Hall–Kier alpha value is -0.530. The summed E-state index contributed by atoms with van der Waals surface area (Å²) in [4.78, 5) is 11.0. The van der Waals surface area contributed by atoms with Crippen LogP contribution < -0.4 is 5.32 Å². The molecule has 0 saturated heterocycles. The third kappa shape index (κ3) is 2.99. The number of nitrogens with one attached hydrogen (secondary N) is 1. The molecule has 0 bridgehead atoms. The van der Waals surface area contributed by atoms with Crippen LogP contribution in [0.1, 0.15) is 58.8 Å². The highest BCUT2D eigenvalue weighted by Gasteiger charge is 2.35. The third-order valence-corrected chi connectivity index (χ3v) is 4.48. The number of hydrogen-bond acceptors (Lipinski definition) is 1. The number of rotatable bonds is 3. The number of carbonyl (C=O) groups is 1. The average Bonchev–Trinajstić information content (AvgIpc) is 2.57. The molecule has 2 fully saturated rings. The van der Waals surface area contributed by atoms with Crippen LogP contribution in [0.25, 0.3) is 0 Å². The van der Waals surface area contributed by atoms with Crippen LogP contribution in [0.15, 0.2) is 0 Å². The lowest BCUT2D eigenvalue weighted by Crippen LogP contribution is -2.31. The molecule has 2 aliphatic carbocycles. The Balaban J connectivity index is 1.77. The predicted molar refractivity (Wildman–Crippen MR) is 66.1 cm³/mol. The highest BCUT2D eigenvalue weighted by atomic mass is 16.1. The van der Waals surface area contributed by atoms with Gasteiger partial charge in [0.2, 0.25) is 5.91 Å². The van der Waals surface area contributed by atoms with E-state index in [1.165, 1.54) is 44.9 Å². The van der Waals surface area contributed by atoms with E-state index >= 15 is 0 Å². The van der Waals surface area contributed by atoms with Gasteiger partial charge in [0.05, 0.1) is 0 Å². The summed E-state index contributed by atoms with van der Waals surface area (Å²) in [5, 5.41) is 3.01. The maximum Gasteiger partial charge on any atom is 0.217 e. The molecule has 0 aromatic rings. The smallest absolute Gasteiger partial charge is 0.217 e. The van der Waals surface area contributed by atoms with E-state index in [0.29, 0.717) is 6.04 Å². The monoisotopic (exact) mass is 223 g/mol. The molecule has 92 valence electrons. The summed E-state index contributed by atoms with van der Waals surface area (Å²) >= 11 is 0. The maximum absolute atomic E-state index is 11.0. The lowest BCUT2D eigenvalue weighted by molar-refractivity contribution is -0.119. The minimum absolute atomic E-state index is 0.114. The van der Waals surface area contributed by atoms with Gasteiger partial charge in [-0.2, -0.15) is 0 Å². The molecule has 0 aromatic carbocycles. The van der Waals surface area contributed by atoms with Crippen LogP contribution in [0.4, 0.5) is 0 Å². The molecule has 0 spiro atoms. The van der Waals surface area contributed by atoms with Crippen molar-refractivity contribution in [2.75, 3.05) is 0 Å². The molecule has 2 saturated carbocycles. The Labute approximate surface area is 99.2 Å². The highest BCUT2D eigenvalue weighted by molar-refractivity contribution is 5.73. The molecule has 0 aromatic heterocycles. The standard InChI is InChI=1S/C14H25NO/c1-10(15-11(2)16)7-12-8-13-5-3-4-6-14(13)9-12/h10,12-14H,3-9H2,1-2H3,(H,15,16)/t10-,12?,13?,14?/m1/s1. The van der Waals surface area contributed by atoms with E-state index in [1.54, 1.807) is 6.92 Å². The first-order valence-electron chi connectivity index (χ1n) is 6.92. The molecule has 16 heavy (non-hydrogen) atoms. The summed E-state index contributed by atoms with van der Waals surface area (Å²) in [6.07, 6.45) is 9.88. The van der Waals surface area contributed by atoms with Crippen LogP contribution in [0.5, 0.6) is 0 Å². The van der Waals surface area contributed by atoms with Gasteiger partial charge in [0.1, 0.15) is 0 Å². The topological polar surface area (TPSA) is 29.1 Å². The first-order valence-corrected chi connectivity index (χ1v) is 6.92. The van der Waals surface area contributed by atoms with Crippen LogP contribution in [0.2, 0.25) is 0 Å². The van der Waals surface area contributed by atoms with Crippen LogP contribution in [-0.4, -0.2) is 11.9 Å². The van der Waals surface area contributed by atoms with Crippen molar-refractivity contribution in [2.45, 2.75) is 64.8 Å². The summed E-state index contributed by atoms with van der Waals surface area (Å²) in [5.74, 6) is 3.02. The highest BCUT2D eigenvalue weighted by Crippen LogP contribution is 2.46. The lowest BCUT2D eigenvalue weighted by atomic mass is 9.82. The number of carbonyl (C=O) groups excluding carboxylic acids is 1. The predicted octanol–water partition coefficient (Wildman–Crippen LogP) is 3.12. The molecule has 0 heterocycles. The van der Waals surface area contributed by atoms with E-state index in [4.69, 9.17) is 0 Å². The second kappa shape index (κ2) is 5.20. The molecule has 3 atom stereocenters. The fourth-order valence-corrected chi connectivity index (χ4v) is 3.96. The van der Waals surface area contributed by atoms with Crippen molar-refractivity contribution in [2.24, 2.45) is 17.8 Å². The van der Waals surface area contributed by atoms with E-state index in [9.17, 15) is 4.79 Å². The molecule has 2 nitrogen and oxygen atoms in total. The number of hydrogen-bond donors (Lipinski definition) is 1. The average molecular weight is 223 g/mol. The van der Waals surface area contributed by atoms with Crippen LogP contribution in [0.3, 0.4) is 0 Å². The lowest BCUT2D eigenvalue weighted by Gasteiger charge is -2.24. The van der Waals surface area contributed by atoms with Crippen molar-refractivity contribution < 1.29 is 4.79 Å². The van der Waals surface area contributed by atoms with Gasteiger partial charge in [-0.3, -0.25) is 4.79 Å². The van der Waals surface area contributed by atoms with Gasteiger partial charge in [-0.05, 0) is 43.9 Å². The summed E-state index contributed by atoms with van der Waals surface area (Å²) < 4.78 is 0. The first-order chi connectivity index (χ1) is 7.65. The summed E-state index contributed by atoms with van der Waals surface area (Å²) in [7, 11) is 0. The Morgan fingerprint density at radius 2 is 1.81 bits per heavy atom. The summed E-state index contributed by atoms with van der Waals surface area (Å²) in [6, 6.07) is 0.364. The van der Waals surface area contributed by atoms with Crippen LogP contribution in [0, 0.1) is 17.8 Å². The van der Waals surface area contributed by atoms with Crippen molar-refractivity contribution in [3.63, 3.8) is 0 Å². The van der Waals surface area contributed by atoms with Gasteiger partial charge in [-0.15, -0.1) is 0 Å². The molecular formula is C14H25NO. The minimum atomic E-state index is 0.114. The van der Waals surface area contributed by atoms with Gasteiger partial charge in [-0.25, -0.2) is 0 Å². The Kier molecular flexibility index (Phi) is 3.88. The molecule has 2 heteroatoms. The number of fused-ring (bicyclic) bond motifs is 1. The molecule has 1 amide bonds. The molecule has 2 unspecified atom stereocenters. The fraction of sp³-hybridized carbons (Fsp3) is 0.929. The largest absolute Gasteiger partial charge is 0.354 e. The normalized spacial score (nSPS) is 35.5. The van der Waals surface area contributed by atoms with Crippen molar-refractivity contribution in [1.29, 1.82) is 0 Å². The van der Waals surface area contributed by atoms with Gasteiger partial charge in [0.25, 0.3) is 0 Å². The van der Waals surface area contributed by atoms with Gasteiger partial charge in [0.15, 0.2) is 0 Å². The summed E-state index contributed by atoms with van der Waals surface area (Å²) in [5.41, 5.74) is 0. The second-order valence-corrected chi connectivity index (χ2v) is 5.98. The molecular weight excluding hydrogens is 198 g/mol. The quantitative estimate of drug-likeness (QED) is 0.782. The van der Waals surface area contributed by atoms with E-state index in [-0.39, 0.29) is 5.91 Å².